The van der Waals surface area contributed by atoms with Gasteiger partial charge in [-0.3, -0.25) is 4.79 Å². The van der Waals surface area contributed by atoms with E-state index in [1.807, 2.05) is 0 Å². The van der Waals surface area contributed by atoms with E-state index in [2.05, 4.69) is 0 Å². The number of carbonyl (C=O) groups is 1. The van der Waals surface area contributed by atoms with Gasteiger partial charge in [0.15, 0.2) is 0 Å². The van der Waals surface area contributed by atoms with Gasteiger partial charge >= 0.3 is 0 Å². The highest BCUT2D eigenvalue weighted by Gasteiger charge is 2.37. The summed E-state index contributed by atoms with van der Waals surface area (Å²) in [6.45, 7) is 1.60. The van der Waals surface area contributed by atoms with Crippen LogP contribution < -0.4 is 0 Å². The molecule has 0 saturated carbocycles. The van der Waals surface area contributed by atoms with E-state index < -0.39 is 11.8 Å². The summed E-state index contributed by atoms with van der Waals surface area (Å²) in [7, 11) is 0. The highest BCUT2D eigenvalue weighted by Crippen LogP contribution is 2.31. The lowest BCUT2D eigenvalue weighted by atomic mass is 9.92. The zero-order chi connectivity index (χ0) is 10.8. The van der Waals surface area contributed by atoms with E-state index in [-0.39, 0.29) is 18.3 Å². The Morgan fingerprint density at radius 3 is 2.79 bits per heavy atom. The molecule has 1 unspecified atom stereocenters. The van der Waals surface area contributed by atoms with Crippen LogP contribution in [0.25, 0.3) is 0 Å². The highest BCUT2D eigenvalue weighted by atomic mass is 35.5. The first-order valence-corrected chi connectivity index (χ1v) is 5.20. The Balaban J connectivity index is 2.56. The molecule has 1 saturated heterocycles. The largest absolute Gasteiger partial charge is 0.341 e. The first kappa shape index (κ1) is 11.7. The van der Waals surface area contributed by atoms with Crippen LogP contribution in [0.4, 0.5) is 8.78 Å². The molecule has 1 heterocycles. The molecular weight excluding hydrogens is 212 g/mol. The number of piperidine rings is 1. The number of hydrogen-bond acceptors (Lipinski definition) is 1. The molecule has 0 aromatic carbocycles. The number of alkyl halides is 3. The molecule has 0 aromatic rings. The van der Waals surface area contributed by atoms with E-state index in [0.29, 0.717) is 19.4 Å². The van der Waals surface area contributed by atoms with Crippen LogP contribution in [0.5, 0.6) is 0 Å². The minimum absolute atomic E-state index is 0.123. The van der Waals surface area contributed by atoms with Gasteiger partial charge in [-0.05, 0) is 19.8 Å². The number of amides is 1. The van der Waals surface area contributed by atoms with Crippen LogP contribution in [-0.2, 0) is 4.79 Å². The molecule has 2 nitrogen and oxygen atoms in total. The van der Waals surface area contributed by atoms with Gasteiger partial charge in [-0.25, -0.2) is 8.78 Å². The molecular formula is C9H14ClF2NO. The van der Waals surface area contributed by atoms with Crippen LogP contribution in [0, 0.1) is 5.92 Å². The fourth-order valence-electron chi connectivity index (χ4n) is 1.70. The van der Waals surface area contributed by atoms with Crippen LogP contribution in [0.2, 0.25) is 0 Å². The molecule has 1 aliphatic heterocycles. The third kappa shape index (κ3) is 2.80. The smallest absolute Gasteiger partial charge is 0.249 e. The Morgan fingerprint density at radius 2 is 2.29 bits per heavy atom. The molecule has 0 aromatic heterocycles. The van der Waals surface area contributed by atoms with Gasteiger partial charge in [0, 0.05) is 19.0 Å². The van der Waals surface area contributed by atoms with Crippen LogP contribution in [0.1, 0.15) is 19.8 Å². The summed E-state index contributed by atoms with van der Waals surface area (Å²) in [6.07, 6.45) is 1.12. The van der Waals surface area contributed by atoms with Crippen LogP contribution in [0.15, 0.2) is 0 Å². The van der Waals surface area contributed by atoms with Gasteiger partial charge in [0.2, 0.25) is 11.8 Å². The van der Waals surface area contributed by atoms with Gasteiger partial charge in [-0.15, -0.1) is 11.6 Å². The molecule has 5 heteroatoms. The average molecular weight is 226 g/mol. The van der Waals surface area contributed by atoms with Crippen molar-refractivity contribution in [2.24, 2.45) is 5.92 Å². The van der Waals surface area contributed by atoms with Gasteiger partial charge in [0.1, 0.15) is 5.88 Å². The molecule has 1 rings (SSSR count). The molecule has 0 spiro atoms. The first-order chi connectivity index (χ1) is 6.45. The topological polar surface area (TPSA) is 20.3 Å². The van der Waals surface area contributed by atoms with E-state index >= 15 is 0 Å². The Morgan fingerprint density at radius 1 is 1.64 bits per heavy atom. The zero-order valence-electron chi connectivity index (χ0n) is 8.10. The Hall–Kier alpha value is -0.380. The molecule has 0 bridgehead atoms. The maximum atomic E-state index is 13.0. The fourth-order valence-corrected chi connectivity index (χ4v) is 1.87. The number of halogens is 3. The molecule has 1 fully saturated rings. The normalized spacial score (nSPS) is 23.7. The monoisotopic (exact) mass is 225 g/mol. The Labute approximate surface area is 87.2 Å². The lowest BCUT2D eigenvalue weighted by Gasteiger charge is -2.35. The number of likely N-dealkylation sites (tertiary alicyclic amines) is 1. The average Bonchev–Trinajstić information content (AvgIpc) is 2.15. The SMILES string of the molecule is CC(F)(F)C1CCCN(C(=O)CCl)C1. The predicted octanol–water partition coefficient (Wildman–Crippen LogP) is 2.12. The number of rotatable bonds is 2. The second-order valence-corrected chi connectivity index (χ2v) is 4.04. The lowest BCUT2D eigenvalue weighted by Crippen LogP contribution is -2.45. The fraction of sp³-hybridized carbons (Fsp3) is 0.889. The van der Waals surface area contributed by atoms with Crippen molar-refractivity contribution in [3.63, 3.8) is 0 Å². The lowest BCUT2D eigenvalue weighted by molar-refractivity contribution is -0.134. The summed E-state index contributed by atoms with van der Waals surface area (Å²) in [5.41, 5.74) is 0. The molecule has 1 amide bonds. The summed E-state index contributed by atoms with van der Waals surface area (Å²) in [5, 5.41) is 0. The zero-order valence-corrected chi connectivity index (χ0v) is 8.86. The second kappa shape index (κ2) is 4.43. The van der Waals surface area contributed by atoms with Crippen LogP contribution in [0.3, 0.4) is 0 Å². The van der Waals surface area contributed by atoms with Gasteiger partial charge in [-0.2, -0.15) is 0 Å². The van der Waals surface area contributed by atoms with Crippen molar-refractivity contribution in [2.75, 3.05) is 19.0 Å². The minimum atomic E-state index is -2.70. The highest BCUT2D eigenvalue weighted by molar-refractivity contribution is 6.27. The standard InChI is InChI=1S/C9H14ClF2NO/c1-9(11,12)7-3-2-4-13(6-7)8(14)5-10/h7H,2-6H2,1H3. The van der Waals surface area contributed by atoms with E-state index in [1.165, 1.54) is 4.90 Å². The minimum Gasteiger partial charge on any atom is -0.341 e. The molecule has 0 N–H and O–H groups in total. The Kier molecular flexibility index (Phi) is 3.70. The molecule has 1 aliphatic rings. The van der Waals surface area contributed by atoms with Crippen molar-refractivity contribution in [2.45, 2.75) is 25.7 Å². The van der Waals surface area contributed by atoms with Gasteiger partial charge in [0.05, 0.1) is 0 Å². The van der Waals surface area contributed by atoms with Gasteiger partial charge in [0.25, 0.3) is 0 Å². The summed E-state index contributed by atoms with van der Waals surface area (Å²) < 4.78 is 26.0. The first-order valence-electron chi connectivity index (χ1n) is 4.66. The van der Waals surface area contributed by atoms with Gasteiger partial charge in [-0.1, -0.05) is 0 Å². The van der Waals surface area contributed by atoms with Crippen molar-refractivity contribution < 1.29 is 13.6 Å². The van der Waals surface area contributed by atoms with Crippen molar-refractivity contribution in [3.8, 4) is 0 Å². The van der Waals surface area contributed by atoms with Crippen LogP contribution >= 0.6 is 11.6 Å². The number of hydrogen-bond donors (Lipinski definition) is 0. The number of carbonyl (C=O) groups excluding carboxylic acids is 1. The number of nitrogens with zero attached hydrogens (tertiary/aromatic N) is 1. The molecule has 0 aliphatic carbocycles. The summed E-state index contributed by atoms with van der Waals surface area (Å²) in [6, 6.07) is 0. The maximum absolute atomic E-state index is 13.0. The Bertz CT molecular complexity index is 217. The van der Waals surface area contributed by atoms with E-state index in [1.54, 1.807) is 0 Å². The van der Waals surface area contributed by atoms with Crippen molar-refractivity contribution in [1.29, 1.82) is 0 Å². The molecule has 82 valence electrons. The van der Waals surface area contributed by atoms with Gasteiger partial charge < -0.3 is 4.90 Å². The van der Waals surface area contributed by atoms with E-state index in [4.69, 9.17) is 11.6 Å². The molecule has 14 heavy (non-hydrogen) atoms. The maximum Gasteiger partial charge on any atom is 0.249 e. The van der Waals surface area contributed by atoms with Crippen molar-refractivity contribution >= 4 is 17.5 Å². The van der Waals surface area contributed by atoms with E-state index in [0.717, 1.165) is 6.92 Å². The molecule has 0 radical (unpaired) electrons. The second-order valence-electron chi connectivity index (χ2n) is 3.77. The van der Waals surface area contributed by atoms with Crippen molar-refractivity contribution in [3.05, 3.63) is 0 Å². The molecule has 1 atom stereocenters. The van der Waals surface area contributed by atoms with E-state index in [9.17, 15) is 13.6 Å². The quantitative estimate of drug-likeness (QED) is 0.660. The predicted molar refractivity (Wildman–Crippen MR) is 50.6 cm³/mol. The third-order valence-corrected chi connectivity index (χ3v) is 2.83. The summed E-state index contributed by atoms with van der Waals surface area (Å²) in [5.74, 6) is -3.79. The van der Waals surface area contributed by atoms with Crippen LogP contribution in [-0.4, -0.2) is 35.7 Å². The summed E-state index contributed by atoms with van der Waals surface area (Å²) >= 11 is 5.37. The third-order valence-electron chi connectivity index (χ3n) is 2.61. The van der Waals surface area contributed by atoms with Crippen molar-refractivity contribution in [1.82, 2.24) is 4.90 Å². The summed E-state index contributed by atoms with van der Waals surface area (Å²) in [4.78, 5) is 12.6.